The number of unbranched alkanes of at least 4 members (excludes halogenated alkanes) is 3. The second kappa shape index (κ2) is 8.51. The van der Waals surface area contributed by atoms with E-state index in [2.05, 4.69) is 6.92 Å². The van der Waals surface area contributed by atoms with Crippen molar-refractivity contribution in [3.8, 4) is 5.75 Å². The van der Waals surface area contributed by atoms with Crippen molar-refractivity contribution in [3.63, 3.8) is 0 Å². The van der Waals surface area contributed by atoms with Crippen LogP contribution < -0.4 is 4.74 Å². The third-order valence-electron chi connectivity index (χ3n) is 2.66. The molecule has 0 atom stereocenters. The van der Waals surface area contributed by atoms with E-state index in [0.29, 0.717) is 0 Å². The van der Waals surface area contributed by atoms with Gasteiger partial charge in [-0.15, -0.1) is 0 Å². The van der Waals surface area contributed by atoms with Crippen LogP contribution in [0.15, 0.2) is 30.3 Å². The van der Waals surface area contributed by atoms with Gasteiger partial charge in [-0.2, -0.15) is 0 Å². The minimum Gasteiger partial charge on any atom is -0.494 e. The van der Waals surface area contributed by atoms with Crippen molar-refractivity contribution in [1.29, 1.82) is 0 Å². The topological polar surface area (TPSA) is 26.3 Å². The summed E-state index contributed by atoms with van der Waals surface area (Å²) in [5, 5.41) is 0. The number of rotatable bonds is 8. The molecule has 1 aromatic carbocycles. The summed E-state index contributed by atoms with van der Waals surface area (Å²) in [4.78, 5) is 10.8. The number of ether oxygens (including phenoxy) is 1. The minimum atomic E-state index is 0.0613. The van der Waals surface area contributed by atoms with Gasteiger partial charge >= 0.3 is 0 Å². The van der Waals surface area contributed by atoms with E-state index >= 15 is 0 Å². The summed E-state index contributed by atoms with van der Waals surface area (Å²) in [5.74, 6) is 0.956. The fourth-order valence-corrected chi connectivity index (χ4v) is 1.61. The molecule has 0 N–H and O–H groups in total. The van der Waals surface area contributed by atoms with Crippen LogP contribution in [0.2, 0.25) is 0 Å². The Bertz CT molecular complexity index is 377. The van der Waals surface area contributed by atoms with Crippen LogP contribution in [0.3, 0.4) is 0 Å². The number of hydrogen-bond donors (Lipinski definition) is 0. The SMILES string of the molecule is CCCCCCOc1ccc(/C=C/C(C)=O)cc1. The van der Waals surface area contributed by atoms with E-state index in [1.165, 1.54) is 19.3 Å². The Kier molecular flexibility index (Phi) is 6.85. The first-order valence-electron chi connectivity index (χ1n) is 6.64. The Morgan fingerprint density at radius 3 is 2.50 bits per heavy atom. The van der Waals surface area contributed by atoms with E-state index in [9.17, 15) is 4.79 Å². The van der Waals surface area contributed by atoms with Crippen molar-refractivity contribution in [1.82, 2.24) is 0 Å². The molecule has 1 rings (SSSR count). The smallest absolute Gasteiger partial charge is 0.152 e. The van der Waals surface area contributed by atoms with E-state index in [1.807, 2.05) is 30.3 Å². The predicted molar refractivity (Wildman–Crippen MR) is 75.8 cm³/mol. The second-order valence-corrected chi connectivity index (χ2v) is 4.42. The molecule has 0 unspecified atom stereocenters. The Morgan fingerprint density at radius 2 is 1.89 bits per heavy atom. The van der Waals surface area contributed by atoms with Crippen molar-refractivity contribution < 1.29 is 9.53 Å². The number of allylic oxidation sites excluding steroid dienone is 1. The molecule has 0 aliphatic heterocycles. The van der Waals surface area contributed by atoms with Crippen molar-refractivity contribution in [2.75, 3.05) is 6.61 Å². The van der Waals surface area contributed by atoms with Crippen LogP contribution in [0.5, 0.6) is 5.75 Å². The largest absolute Gasteiger partial charge is 0.494 e. The van der Waals surface area contributed by atoms with Crippen LogP contribution in [0, 0.1) is 0 Å². The quantitative estimate of drug-likeness (QED) is 0.506. The molecule has 0 saturated heterocycles. The van der Waals surface area contributed by atoms with Gasteiger partial charge in [-0.05, 0) is 37.1 Å². The van der Waals surface area contributed by atoms with Crippen LogP contribution >= 0.6 is 0 Å². The summed E-state index contributed by atoms with van der Waals surface area (Å²) in [6, 6.07) is 7.81. The molecule has 98 valence electrons. The van der Waals surface area contributed by atoms with E-state index in [1.54, 1.807) is 13.0 Å². The van der Waals surface area contributed by atoms with Gasteiger partial charge in [0.25, 0.3) is 0 Å². The van der Waals surface area contributed by atoms with E-state index < -0.39 is 0 Å². The predicted octanol–water partition coefficient (Wildman–Crippen LogP) is 4.25. The maximum absolute atomic E-state index is 10.8. The van der Waals surface area contributed by atoms with Gasteiger partial charge in [0.2, 0.25) is 0 Å². The van der Waals surface area contributed by atoms with Crippen LogP contribution in [0.1, 0.15) is 45.1 Å². The van der Waals surface area contributed by atoms with Gasteiger partial charge in [0.1, 0.15) is 5.75 Å². The molecule has 0 radical (unpaired) electrons. The molecule has 0 aliphatic carbocycles. The second-order valence-electron chi connectivity index (χ2n) is 4.42. The molecule has 0 saturated carbocycles. The molecule has 2 heteroatoms. The lowest BCUT2D eigenvalue weighted by atomic mass is 10.2. The first-order chi connectivity index (χ1) is 8.72. The van der Waals surface area contributed by atoms with Gasteiger partial charge in [-0.3, -0.25) is 4.79 Å². The Labute approximate surface area is 110 Å². The lowest BCUT2D eigenvalue weighted by molar-refractivity contribution is -0.112. The van der Waals surface area contributed by atoms with Crippen molar-refractivity contribution in [3.05, 3.63) is 35.9 Å². The lowest BCUT2D eigenvalue weighted by Crippen LogP contribution is -1.96. The van der Waals surface area contributed by atoms with Crippen LogP contribution in [0.4, 0.5) is 0 Å². The summed E-state index contributed by atoms with van der Waals surface area (Å²) in [6.45, 7) is 4.53. The number of ketones is 1. The van der Waals surface area contributed by atoms with Gasteiger partial charge < -0.3 is 4.74 Å². The highest BCUT2D eigenvalue weighted by atomic mass is 16.5. The Morgan fingerprint density at radius 1 is 1.17 bits per heavy atom. The van der Waals surface area contributed by atoms with Crippen molar-refractivity contribution >= 4 is 11.9 Å². The molecular formula is C16H22O2. The zero-order valence-corrected chi connectivity index (χ0v) is 11.3. The van der Waals surface area contributed by atoms with Gasteiger partial charge in [-0.25, -0.2) is 0 Å². The fourth-order valence-electron chi connectivity index (χ4n) is 1.61. The molecule has 2 nitrogen and oxygen atoms in total. The zero-order chi connectivity index (χ0) is 13.2. The molecule has 0 bridgehead atoms. The van der Waals surface area contributed by atoms with Crippen LogP contribution in [-0.4, -0.2) is 12.4 Å². The average Bonchev–Trinajstić information content (AvgIpc) is 2.37. The number of carbonyl (C=O) groups is 1. The normalized spacial score (nSPS) is 10.8. The molecule has 18 heavy (non-hydrogen) atoms. The number of hydrogen-bond acceptors (Lipinski definition) is 2. The zero-order valence-electron chi connectivity index (χ0n) is 11.3. The van der Waals surface area contributed by atoms with Gasteiger partial charge in [0.05, 0.1) is 6.61 Å². The first-order valence-corrected chi connectivity index (χ1v) is 6.64. The molecule has 0 amide bonds. The number of benzene rings is 1. The molecule has 0 spiro atoms. The summed E-state index contributed by atoms with van der Waals surface area (Å²) >= 11 is 0. The lowest BCUT2D eigenvalue weighted by Gasteiger charge is -2.05. The number of carbonyl (C=O) groups excluding carboxylic acids is 1. The van der Waals surface area contributed by atoms with Crippen molar-refractivity contribution in [2.24, 2.45) is 0 Å². The molecule has 0 fully saturated rings. The highest BCUT2D eigenvalue weighted by Crippen LogP contribution is 2.14. The monoisotopic (exact) mass is 246 g/mol. The fraction of sp³-hybridized carbons (Fsp3) is 0.438. The standard InChI is InChI=1S/C16H22O2/c1-3-4-5-6-13-18-16-11-9-15(10-12-16)8-7-14(2)17/h7-12H,3-6,13H2,1-2H3/b8-7+. The highest BCUT2D eigenvalue weighted by Gasteiger charge is 1.94. The van der Waals surface area contributed by atoms with Gasteiger partial charge in [0.15, 0.2) is 5.78 Å². The van der Waals surface area contributed by atoms with Gasteiger partial charge in [0, 0.05) is 0 Å². The van der Waals surface area contributed by atoms with Crippen LogP contribution in [0.25, 0.3) is 6.08 Å². The maximum Gasteiger partial charge on any atom is 0.152 e. The van der Waals surface area contributed by atoms with Crippen LogP contribution in [-0.2, 0) is 4.79 Å². The molecular weight excluding hydrogens is 224 g/mol. The van der Waals surface area contributed by atoms with E-state index in [4.69, 9.17) is 4.74 Å². The summed E-state index contributed by atoms with van der Waals surface area (Å²) in [5.41, 5.74) is 1.02. The van der Waals surface area contributed by atoms with E-state index in [-0.39, 0.29) is 5.78 Å². The summed E-state index contributed by atoms with van der Waals surface area (Å²) < 4.78 is 5.64. The van der Waals surface area contributed by atoms with Gasteiger partial charge in [-0.1, -0.05) is 44.4 Å². The molecule has 0 aromatic heterocycles. The van der Waals surface area contributed by atoms with E-state index in [0.717, 1.165) is 24.3 Å². The summed E-state index contributed by atoms with van der Waals surface area (Å²) in [7, 11) is 0. The third kappa shape index (κ3) is 6.24. The first kappa shape index (κ1) is 14.5. The minimum absolute atomic E-state index is 0.0613. The Balaban J connectivity index is 2.34. The third-order valence-corrected chi connectivity index (χ3v) is 2.66. The molecule has 1 aromatic rings. The molecule has 0 heterocycles. The highest BCUT2D eigenvalue weighted by molar-refractivity contribution is 5.91. The average molecular weight is 246 g/mol. The Hall–Kier alpha value is -1.57. The maximum atomic E-state index is 10.8. The van der Waals surface area contributed by atoms with Crippen molar-refractivity contribution in [2.45, 2.75) is 39.5 Å². The summed E-state index contributed by atoms with van der Waals surface area (Å²) in [6.07, 6.45) is 8.25. The molecule has 0 aliphatic rings.